The van der Waals surface area contributed by atoms with Crippen molar-refractivity contribution in [2.24, 2.45) is 0 Å². The maximum absolute atomic E-state index is 3.42. The van der Waals surface area contributed by atoms with E-state index in [2.05, 4.69) is 45.2 Å². The molecule has 1 aliphatic carbocycles. The lowest BCUT2D eigenvalue weighted by atomic mass is 9.88. The molecule has 62 valence electrons. The van der Waals surface area contributed by atoms with Crippen molar-refractivity contribution in [3.8, 4) is 0 Å². The van der Waals surface area contributed by atoms with Crippen LogP contribution in [0.4, 0.5) is 0 Å². The minimum Gasteiger partial charge on any atom is -0.0620 e. The minimum atomic E-state index is 1.21. The summed E-state index contributed by atoms with van der Waals surface area (Å²) in [6, 6.07) is 8.67. The summed E-state index contributed by atoms with van der Waals surface area (Å²) in [7, 11) is 0. The Labute approximate surface area is 81.4 Å². The minimum absolute atomic E-state index is 1.21. The smallest absolute Gasteiger partial charge is 0.0151 e. The van der Waals surface area contributed by atoms with Gasteiger partial charge in [0.1, 0.15) is 0 Å². The van der Waals surface area contributed by atoms with Crippen molar-refractivity contribution in [2.45, 2.75) is 19.3 Å². The van der Waals surface area contributed by atoms with Crippen molar-refractivity contribution in [3.63, 3.8) is 0 Å². The van der Waals surface area contributed by atoms with Gasteiger partial charge >= 0.3 is 0 Å². The standard InChI is InChI=1S/C11H11Br/c12-8-10-6-3-5-9-4-1-2-7-11(9)10/h1-2,4,7-8H,3,5-6H2. The maximum atomic E-state index is 3.42. The molecule has 1 aromatic rings. The summed E-state index contributed by atoms with van der Waals surface area (Å²) >= 11 is 3.42. The first kappa shape index (κ1) is 8.06. The van der Waals surface area contributed by atoms with Gasteiger partial charge in [0, 0.05) is 0 Å². The Morgan fingerprint density at radius 2 is 2.00 bits per heavy atom. The summed E-state index contributed by atoms with van der Waals surface area (Å²) < 4.78 is 0. The summed E-state index contributed by atoms with van der Waals surface area (Å²) in [6.07, 6.45) is 3.73. The van der Waals surface area contributed by atoms with E-state index in [0.29, 0.717) is 0 Å². The highest BCUT2D eigenvalue weighted by Gasteiger charge is 2.11. The Morgan fingerprint density at radius 3 is 2.83 bits per heavy atom. The van der Waals surface area contributed by atoms with E-state index >= 15 is 0 Å². The van der Waals surface area contributed by atoms with Gasteiger partial charge in [0.05, 0.1) is 0 Å². The highest BCUT2D eigenvalue weighted by Crippen LogP contribution is 2.30. The quantitative estimate of drug-likeness (QED) is 0.628. The van der Waals surface area contributed by atoms with Gasteiger partial charge in [-0.05, 0) is 40.9 Å². The third-order valence-corrected chi connectivity index (χ3v) is 2.94. The lowest BCUT2D eigenvalue weighted by Gasteiger charge is -2.17. The summed E-state index contributed by atoms with van der Waals surface area (Å²) in [4.78, 5) is 2.06. The van der Waals surface area contributed by atoms with Crippen LogP contribution < -0.4 is 0 Å². The first-order chi connectivity index (χ1) is 5.92. The molecule has 0 saturated carbocycles. The third kappa shape index (κ3) is 1.34. The average Bonchev–Trinajstić information content (AvgIpc) is 2.17. The van der Waals surface area contributed by atoms with Crippen molar-refractivity contribution in [2.75, 3.05) is 0 Å². The number of allylic oxidation sites excluding steroid dienone is 1. The predicted molar refractivity (Wildman–Crippen MR) is 56.3 cm³/mol. The molecular formula is C11H11Br. The van der Waals surface area contributed by atoms with Crippen molar-refractivity contribution in [1.82, 2.24) is 0 Å². The van der Waals surface area contributed by atoms with Gasteiger partial charge < -0.3 is 0 Å². The molecule has 1 aromatic carbocycles. The number of fused-ring (bicyclic) bond motifs is 1. The average molecular weight is 223 g/mol. The van der Waals surface area contributed by atoms with Crippen molar-refractivity contribution >= 4 is 21.5 Å². The molecule has 0 bridgehead atoms. The van der Waals surface area contributed by atoms with Gasteiger partial charge in [-0.2, -0.15) is 0 Å². The lowest BCUT2D eigenvalue weighted by Crippen LogP contribution is -2.00. The molecule has 0 nitrogen and oxygen atoms in total. The number of aryl methyl sites for hydroxylation is 1. The Morgan fingerprint density at radius 1 is 1.17 bits per heavy atom. The highest BCUT2D eigenvalue weighted by molar-refractivity contribution is 9.11. The van der Waals surface area contributed by atoms with Crippen molar-refractivity contribution in [3.05, 3.63) is 40.4 Å². The van der Waals surface area contributed by atoms with Gasteiger partial charge in [0.25, 0.3) is 0 Å². The summed E-state index contributed by atoms with van der Waals surface area (Å²) in [5, 5.41) is 0. The van der Waals surface area contributed by atoms with Crippen molar-refractivity contribution in [1.29, 1.82) is 0 Å². The molecule has 0 N–H and O–H groups in total. The van der Waals surface area contributed by atoms with Crippen LogP contribution in [0.3, 0.4) is 0 Å². The van der Waals surface area contributed by atoms with Crippen LogP contribution in [0.1, 0.15) is 24.0 Å². The molecule has 0 amide bonds. The molecule has 0 heterocycles. The number of hydrogen-bond acceptors (Lipinski definition) is 0. The van der Waals surface area contributed by atoms with Gasteiger partial charge in [-0.15, -0.1) is 0 Å². The van der Waals surface area contributed by atoms with E-state index in [0.717, 1.165) is 0 Å². The Kier molecular flexibility index (Phi) is 2.31. The van der Waals surface area contributed by atoms with Crippen LogP contribution in [-0.4, -0.2) is 0 Å². The molecule has 0 aliphatic heterocycles. The van der Waals surface area contributed by atoms with Crippen LogP contribution in [0.15, 0.2) is 29.3 Å². The van der Waals surface area contributed by atoms with Gasteiger partial charge in [0.15, 0.2) is 0 Å². The fourth-order valence-electron chi connectivity index (χ4n) is 1.77. The molecular weight excluding hydrogens is 212 g/mol. The largest absolute Gasteiger partial charge is 0.0620 e. The first-order valence-electron chi connectivity index (χ1n) is 4.29. The fraction of sp³-hybridized carbons (Fsp3) is 0.273. The molecule has 0 atom stereocenters. The zero-order valence-electron chi connectivity index (χ0n) is 6.89. The molecule has 0 unspecified atom stereocenters. The molecule has 0 saturated heterocycles. The molecule has 2 rings (SSSR count). The number of rotatable bonds is 0. The molecule has 0 radical (unpaired) electrons. The molecule has 12 heavy (non-hydrogen) atoms. The maximum Gasteiger partial charge on any atom is -0.0151 e. The first-order valence-corrected chi connectivity index (χ1v) is 5.21. The van der Waals surface area contributed by atoms with E-state index in [1.807, 2.05) is 0 Å². The van der Waals surface area contributed by atoms with Gasteiger partial charge in [-0.1, -0.05) is 40.2 Å². The zero-order valence-corrected chi connectivity index (χ0v) is 8.47. The van der Waals surface area contributed by atoms with E-state index < -0.39 is 0 Å². The van der Waals surface area contributed by atoms with E-state index in [9.17, 15) is 0 Å². The van der Waals surface area contributed by atoms with Crippen LogP contribution >= 0.6 is 15.9 Å². The van der Waals surface area contributed by atoms with Gasteiger partial charge in [0.2, 0.25) is 0 Å². The number of benzene rings is 1. The summed E-state index contributed by atoms with van der Waals surface area (Å²) in [6.45, 7) is 0. The number of hydrogen-bond donors (Lipinski definition) is 0. The van der Waals surface area contributed by atoms with Crippen LogP contribution in [0.5, 0.6) is 0 Å². The van der Waals surface area contributed by atoms with Crippen molar-refractivity contribution < 1.29 is 0 Å². The van der Waals surface area contributed by atoms with Crippen LogP contribution in [0.2, 0.25) is 0 Å². The van der Waals surface area contributed by atoms with E-state index in [1.165, 1.54) is 36.0 Å². The van der Waals surface area contributed by atoms with Gasteiger partial charge in [-0.3, -0.25) is 0 Å². The second-order valence-corrected chi connectivity index (χ2v) is 3.60. The van der Waals surface area contributed by atoms with E-state index in [-0.39, 0.29) is 0 Å². The molecule has 0 fully saturated rings. The summed E-state index contributed by atoms with van der Waals surface area (Å²) in [5.41, 5.74) is 4.37. The summed E-state index contributed by atoms with van der Waals surface area (Å²) in [5.74, 6) is 0. The van der Waals surface area contributed by atoms with Gasteiger partial charge in [-0.25, -0.2) is 0 Å². The zero-order chi connectivity index (χ0) is 8.39. The third-order valence-electron chi connectivity index (χ3n) is 2.39. The monoisotopic (exact) mass is 222 g/mol. The van der Waals surface area contributed by atoms with E-state index in [4.69, 9.17) is 0 Å². The fourth-order valence-corrected chi connectivity index (χ4v) is 2.24. The molecule has 0 spiro atoms. The number of halogens is 1. The SMILES string of the molecule is BrC=C1CCCc2ccccc21. The van der Waals surface area contributed by atoms with Crippen LogP contribution in [-0.2, 0) is 6.42 Å². The normalized spacial score (nSPS) is 19.2. The topological polar surface area (TPSA) is 0 Å². The van der Waals surface area contributed by atoms with E-state index in [1.54, 1.807) is 0 Å². The second kappa shape index (κ2) is 3.44. The Balaban J connectivity index is 2.51. The molecule has 0 aromatic heterocycles. The second-order valence-electron chi connectivity index (χ2n) is 3.15. The predicted octanol–water partition coefficient (Wildman–Crippen LogP) is 3.76. The lowest BCUT2D eigenvalue weighted by molar-refractivity contribution is 0.823. The molecule has 1 heteroatoms. The molecule has 1 aliphatic rings. The Bertz CT molecular complexity index is 313. The van der Waals surface area contributed by atoms with Crippen LogP contribution in [0, 0.1) is 0 Å². The Hall–Kier alpha value is -0.560. The highest BCUT2D eigenvalue weighted by atomic mass is 79.9. The van der Waals surface area contributed by atoms with Crippen LogP contribution in [0.25, 0.3) is 5.57 Å².